The van der Waals surface area contributed by atoms with Gasteiger partial charge in [0.1, 0.15) is 0 Å². The third kappa shape index (κ3) is 7.22. The molecule has 0 saturated carbocycles. The molecule has 8 nitrogen and oxygen atoms in total. The fourth-order valence-electron chi connectivity index (χ4n) is 5.07. The molecule has 1 aromatic carbocycles. The Bertz CT molecular complexity index is 1200. The Morgan fingerprint density at radius 2 is 1.77 bits per heavy atom. The summed E-state index contributed by atoms with van der Waals surface area (Å²) in [7, 11) is 1.65. The smallest absolute Gasteiger partial charge is 0.229 e. The quantitative estimate of drug-likeness (QED) is 0.352. The van der Waals surface area contributed by atoms with E-state index in [4.69, 9.17) is 9.47 Å². The first-order valence-electron chi connectivity index (χ1n) is 13.9. The van der Waals surface area contributed by atoms with E-state index in [9.17, 15) is 0 Å². The van der Waals surface area contributed by atoms with Gasteiger partial charge in [-0.3, -0.25) is 14.8 Å². The minimum absolute atomic E-state index is 0.607. The average Bonchev–Trinajstić information content (AvgIpc) is 3.01. The molecule has 0 bridgehead atoms. The largest absolute Gasteiger partial charge is 0.480 e. The van der Waals surface area contributed by atoms with Gasteiger partial charge in [0.2, 0.25) is 5.88 Å². The molecule has 1 N–H and O–H groups in total. The lowest BCUT2D eigenvalue weighted by molar-refractivity contribution is 0.0964. The highest BCUT2D eigenvalue weighted by molar-refractivity contribution is 8.00. The number of methoxy groups -OCH3 is 1. The number of morpholine rings is 1. The van der Waals surface area contributed by atoms with Gasteiger partial charge in [0.05, 0.1) is 42.8 Å². The van der Waals surface area contributed by atoms with E-state index in [2.05, 4.69) is 79.6 Å². The molecule has 9 heteroatoms. The van der Waals surface area contributed by atoms with Crippen LogP contribution in [0.2, 0.25) is 0 Å². The van der Waals surface area contributed by atoms with E-state index in [-0.39, 0.29) is 0 Å². The number of piperazine rings is 1. The molecule has 2 aromatic heterocycles. The van der Waals surface area contributed by atoms with E-state index in [1.165, 1.54) is 23.9 Å². The summed E-state index contributed by atoms with van der Waals surface area (Å²) in [6, 6.07) is 15.7. The van der Waals surface area contributed by atoms with Crippen molar-refractivity contribution in [2.45, 2.75) is 37.8 Å². The maximum absolute atomic E-state index is 5.52. The number of pyridine rings is 2. The molecule has 1 unspecified atom stereocenters. The second-order valence-electron chi connectivity index (χ2n) is 10.2. The standard InChI is InChI=1S/C30H40N6O2S/c1-4-23(2)35-13-11-34(12-14-35)22-24-5-7-25(8-6-24)28-19-26(9-10-31-28)33-39-29-20-27(21-32-30(29)37-3)36-15-17-38-18-16-36/h5-10,19-21,23H,4,11-18,22H2,1-3H3,(H,31,33). The summed E-state index contributed by atoms with van der Waals surface area (Å²) in [5, 5.41) is 0. The molecular formula is C30H40N6O2S. The summed E-state index contributed by atoms with van der Waals surface area (Å²) in [5.41, 5.74) is 5.47. The number of rotatable bonds is 10. The lowest BCUT2D eigenvalue weighted by Gasteiger charge is -2.37. The summed E-state index contributed by atoms with van der Waals surface area (Å²) in [4.78, 5) is 17.6. The molecule has 0 amide bonds. The van der Waals surface area contributed by atoms with Crippen molar-refractivity contribution < 1.29 is 9.47 Å². The molecule has 208 valence electrons. The number of anilines is 2. The first kappa shape index (κ1) is 27.7. The molecule has 39 heavy (non-hydrogen) atoms. The highest BCUT2D eigenvalue weighted by Gasteiger charge is 2.20. The van der Waals surface area contributed by atoms with Crippen LogP contribution in [0.4, 0.5) is 11.4 Å². The van der Waals surface area contributed by atoms with Gasteiger partial charge in [0.15, 0.2) is 0 Å². The van der Waals surface area contributed by atoms with Gasteiger partial charge in [-0.05, 0) is 49.1 Å². The van der Waals surface area contributed by atoms with E-state index in [0.717, 1.165) is 86.6 Å². The number of ether oxygens (including phenoxy) is 2. The molecule has 2 aliphatic heterocycles. The van der Waals surface area contributed by atoms with Crippen LogP contribution in [0.15, 0.2) is 59.8 Å². The first-order valence-corrected chi connectivity index (χ1v) is 14.8. The van der Waals surface area contributed by atoms with E-state index in [0.29, 0.717) is 11.9 Å². The third-order valence-corrected chi connectivity index (χ3v) is 8.54. The number of nitrogens with zero attached hydrogens (tertiary/aromatic N) is 5. The minimum atomic E-state index is 0.607. The normalized spacial score (nSPS) is 17.7. The van der Waals surface area contributed by atoms with Crippen LogP contribution >= 0.6 is 11.9 Å². The molecule has 1 atom stereocenters. The third-order valence-electron chi connectivity index (χ3n) is 7.69. The van der Waals surface area contributed by atoms with Gasteiger partial charge < -0.3 is 19.1 Å². The van der Waals surface area contributed by atoms with Gasteiger partial charge in [-0.1, -0.05) is 31.2 Å². The van der Waals surface area contributed by atoms with E-state index < -0.39 is 0 Å². The zero-order valence-corrected chi connectivity index (χ0v) is 24.1. The van der Waals surface area contributed by atoms with Crippen molar-refractivity contribution in [1.82, 2.24) is 19.8 Å². The van der Waals surface area contributed by atoms with Crippen molar-refractivity contribution in [3.05, 3.63) is 60.4 Å². The fraction of sp³-hybridized carbons (Fsp3) is 0.467. The minimum Gasteiger partial charge on any atom is -0.480 e. The Balaban J connectivity index is 1.19. The fourth-order valence-corrected chi connectivity index (χ4v) is 5.83. The van der Waals surface area contributed by atoms with E-state index in [1.54, 1.807) is 7.11 Å². The molecule has 5 rings (SSSR count). The number of hydrogen-bond acceptors (Lipinski definition) is 9. The van der Waals surface area contributed by atoms with Crippen LogP contribution in [-0.4, -0.2) is 85.4 Å². The molecule has 2 aliphatic rings. The van der Waals surface area contributed by atoms with Crippen LogP contribution in [0, 0.1) is 0 Å². The zero-order valence-electron chi connectivity index (χ0n) is 23.3. The Hall–Kier alpha value is -2.85. The number of benzene rings is 1. The van der Waals surface area contributed by atoms with Crippen LogP contribution < -0.4 is 14.4 Å². The van der Waals surface area contributed by atoms with Gasteiger partial charge in [0, 0.05) is 69.3 Å². The molecular weight excluding hydrogens is 508 g/mol. The van der Waals surface area contributed by atoms with Gasteiger partial charge in [-0.15, -0.1) is 0 Å². The Labute approximate surface area is 236 Å². The number of nitrogens with one attached hydrogen (secondary N) is 1. The average molecular weight is 549 g/mol. The van der Waals surface area contributed by atoms with Crippen LogP contribution in [0.3, 0.4) is 0 Å². The van der Waals surface area contributed by atoms with Crippen molar-refractivity contribution in [2.24, 2.45) is 0 Å². The van der Waals surface area contributed by atoms with Gasteiger partial charge >= 0.3 is 0 Å². The van der Waals surface area contributed by atoms with Crippen LogP contribution in [-0.2, 0) is 11.3 Å². The molecule has 2 fully saturated rings. The van der Waals surface area contributed by atoms with Crippen molar-refractivity contribution in [3.8, 4) is 17.1 Å². The molecule has 0 radical (unpaired) electrons. The Kier molecular flexibility index (Phi) is 9.58. The summed E-state index contributed by atoms with van der Waals surface area (Å²) in [5.74, 6) is 0.607. The second kappa shape index (κ2) is 13.5. The van der Waals surface area contributed by atoms with Gasteiger partial charge in [-0.2, -0.15) is 0 Å². The van der Waals surface area contributed by atoms with Crippen LogP contribution in [0.1, 0.15) is 25.8 Å². The highest BCUT2D eigenvalue weighted by atomic mass is 32.2. The first-order chi connectivity index (χ1) is 19.1. The zero-order chi connectivity index (χ0) is 27.0. The summed E-state index contributed by atoms with van der Waals surface area (Å²) in [6.45, 7) is 13.4. The molecule has 0 aliphatic carbocycles. The number of hydrogen-bond donors (Lipinski definition) is 1. The predicted molar refractivity (Wildman–Crippen MR) is 160 cm³/mol. The van der Waals surface area contributed by atoms with Gasteiger partial charge in [-0.25, -0.2) is 4.98 Å². The molecule has 2 saturated heterocycles. The maximum Gasteiger partial charge on any atom is 0.229 e. The Morgan fingerprint density at radius 1 is 1.00 bits per heavy atom. The van der Waals surface area contributed by atoms with Crippen LogP contribution in [0.25, 0.3) is 11.3 Å². The number of aromatic nitrogens is 2. The molecule has 4 heterocycles. The van der Waals surface area contributed by atoms with E-state index >= 15 is 0 Å². The lowest BCUT2D eigenvalue weighted by Crippen LogP contribution is -2.48. The highest BCUT2D eigenvalue weighted by Crippen LogP contribution is 2.33. The second-order valence-corrected chi connectivity index (χ2v) is 11.0. The predicted octanol–water partition coefficient (Wildman–Crippen LogP) is 5.02. The summed E-state index contributed by atoms with van der Waals surface area (Å²) in [6.07, 6.45) is 4.94. The molecule has 0 spiro atoms. The monoisotopic (exact) mass is 548 g/mol. The van der Waals surface area contributed by atoms with E-state index in [1.807, 2.05) is 18.5 Å². The Morgan fingerprint density at radius 3 is 2.49 bits per heavy atom. The van der Waals surface area contributed by atoms with Crippen molar-refractivity contribution in [3.63, 3.8) is 0 Å². The van der Waals surface area contributed by atoms with Crippen molar-refractivity contribution in [1.29, 1.82) is 0 Å². The van der Waals surface area contributed by atoms with Crippen molar-refractivity contribution >= 4 is 23.3 Å². The summed E-state index contributed by atoms with van der Waals surface area (Å²) >= 11 is 1.50. The topological polar surface area (TPSA) is 66.0 Å². The van der Waals surface area contributed by atoms with Crippen molar-refractivity contribution in [2.75, 3.05) is 69.2 Å². The maximum atomic E-state index is 5.52. The molecule has 3 aromatic rings. The van der Waals surface area contributed by atoms with Crippen LogP contribution in [0.5, 0.6) is 5.88 Å². The summed E-state index contributed by atoms with van der Waals surface area (Å²) < 4.78 is 14.5. The SMILES string of the molecule is CCC(C)N1CCN(Cc2ccc(-c3cc(NSc4cc(N5CCOCC5)cnc4OC)ccn3)cc2)CC1. The lowest BCUT2D eigenvalue weighted by atomic mass is 10.1. The van der Waals surface area contributed by atoms with Gasteiger partial charge in [0.25, 0.3) is 0 Å².